The Balaban J connectivity index is 1.34. The number of carbonyl (C=O) groups excluding carboxylic acids is 2. The highest BCUT2D eigenvalue weighted by molar-refractivity contribution is 5.95. The Labute approximate surface area is 193 Å². The molecule has 0 bridgehead atoms. The number of carbonyl (C=O) groups is 2. The molecule has 1 N–H and O–H groups in total. The Morgan fingerprint density at radius 2 is 1.81 bits per heavy atom. The number of piperidine rings is 1. The Bertz CT molecular complexity index is 767. The van der Waals surface area contributed by atoms with Gasteiger partial charge < -0.3 is 15.1 Å². The Morgan fingerprint density at radius 1 is 1.12 bits per heavy atom. The van der Waals surface area contributed by atoms with E-state index < -0.39 is 0 Å². The second kappa shape index (κ2) is 10.3. The van der Waals surface area contributed by atoms with Gasteiger partial charge in [-0.15, -0.1) is 0 Å². The number of hydrogen-bond acceptors (Lipinski definition) is 4. The second-order valence-electron chi connectivity index (χ2n) is 10.5. The minimum absolute atomic E-state index is 0.0320. The predicted molar refractivity (Wildman–Crippen MR) is 126 cm³/mol. The van der Waals surface area contributed by atoms with Crippen molar-refractivity contribution >= 4 is 11.8 Å². The molecular weight excluding hydrogens is 400 g/mol. The molecule has 6 nitrogen and oxygen atoms in total. The Kier molecular flexibility index (Phi) is 7.49. The van der Waals surface area contributed by atoms with Crippen LogP contribution in [0.25, 0.3) is 0 Å². The molecule has 0 radical (unpaired) electrons. The summed E-state index contributed by atoms with van der Waals surface area (Å²) in [5, 5.41) is 3.28. The normalized spacial score (nSPS) is 24.2. The zero-order valence-electron chi connectivity index (χ0n) is 19.9. The molecule has 1 unspecified atom stereocenters. The monoisotopic (exact) mass is 440 g/mol. The van der Waals surface area contributed by atoms with Crippen molar-refractivity contribution in [2.45, 2.75) is 71.3 Å². The fourth-order valence-corrected chi connectivity index (χ4v) is 6.20. The Morgan fingerprint density at radius 3 is 2.47 bits per heavy atom. The number of amides is 2. The number of nitrogens with one attached hydrogen (secondary N) is 1. The third-order valence-corrected chi connectivity index (χ3v) is 8.26. The lowest BCUT2D eigenvalue weighted by atomic mass is 9.67. The SMILES string of the molecule is CC(C)N1CCC(CCNC(=O)C2CN(C(=O)c3ccncc3)CC23CCCCC3)CC1. The molecule has 6 heteroatoms. The molecule has 2 aliphatic heterocycles. The smallest absolute Gasteiger partial charge is 0.254 e. The van der Waals surface area contributed by atoms with Gasteiger partial charge in [-0.1, -0.05) is 19.3 Å². The van der Waals surface area contributed by atoms with Crippen molar-refractivity contribution in [3.8, 4) is 0 Å². The van der Waals surface area contributed by atoms with Crippen LogP contribution in [0.5, 0.6) is 0 Å². The number of hydrogen-bond donors (Lipinski definition) is 1. The van der Waals surface area contributed by atoms with E-state index in [0.717, 1.165) is 38.6 Å². The summed E-state index contributed by atoms with van der Waals surface area (Å²) in [6, 6.07) is 4.17. The molecule has 1 spiro atoms. The lowest BCUT2D eigenvalue weighted by Crippen LogP contribution is -2.43. The second-order valence-corrected chi connectivity index (χ2v) is 10.5. The van der Waals surface area contributed by atoms with Crippen LogP contribution in [-0.4, -0.2) is 65.4 Å². The zero-order valence-corrected chi connectivity index (χ0v) is 19.9. The topological polar surface area (TPSA) is 65.5 Å². The molecule has 1 atom stereocenters. The average Bonchev–Trinajstić information content (AvgIpc) is 3.18. The molecule has 1 aromatic rings. The summed E-state index contributed by atoms with van der Waals surface area (Å²) >= 11 is 0. The van der Waals surface area contributed by atoms with Crippen LogP contribution in [0.2, 0.25) is 0 Å². The van der Waals surface area contributed by atoms with Crippen molar-refractivity contribution in [2.24, 2.45) is 17.3 Å². The first-order chi connectivity index (χ1) is 15.5. The van der Waals surface area contributed by atoms with Crippen LogP contribution in [0.15, 0.2) is 24.5 Å². The molecule has 1 saturated carbocycles. The maximum absolute atomic E-state index is 13.3. The van der Waals surface area contributed by atoms with E-state index in [1.807, 2.05) is 4.90 Å². The molecule has 176 valence electrons. The van der Waals surface area contributed by atoms with Crippen molar-refractivity contribution in [3.05, 3.63) is 30.1 Å². The lowest BCUT2D eigenvalue weighted by Gasteiger charge is -2.37. The molecule has 2 amide bonds. The number of rotatable bonds is 6. The van der Waals surface area contributed by atoms with Gasteiger partial charge in [0.15, 0.2) is 0 Å². The van der Waals surface area contributed by atoms with Crippen LogP contribution in [0.4, 0.5) is 0 Å². The molecule has 3 heterocycles. The molecule has 3 aliphatic rings. The highest BCUT2D eigenvalue weighted by atomic mass is 16.2. The number of likely N-dealkylation sites (tertiary alicyclic amines) is 2. The summed E-state index contributed by atoms with van der Waals surface area (Å²) < 4.78 is 0. The van der Waals surface area contributed by atoms with Crippen LogP contribution in [0.1, 0.15) is 75.6 Å². The summed E-state index contributed by atoms with van der Waals surface area (Å²) in [7, 11) is 0. The van der Waals surface area contributed by atoms with Crippen molar-refractivity contribution in [2.75, 3.05) is 32.7 Å². The number of aromatic nitrogens is 1. The largest absolute Gasteiger partial charge is 0.356 e. The summed E-state index contributed by atoms with van der Waals surface area (Å²) in [4.78, 5) is 34.9. The fraction of sp³-hybridized carbons (Fsp3) is 0.731. The van der Waals surface area contributed by atoms with Gasteiger partial charge in [0.1, 0.15) is 0 Å². The molecule has 0 aromatic carbocycles. The van der Waals surface area contributed by atoms with E-state index in [4.69, 9.17) is 0 Å². The van der Waals surface area contributed by atoms with Crippen LogP contribution >= 0.6 is 0 Å². The van der Waals surface area contributed by atoms with E-state index in [-0.39, 0.29) is 23.1 Å². The standard InChI is InChI=1S/C26H40N4O2/c1-20(2)29-16-9-21(10-17-29)6-15-28-24(31)23-18-30(19-26(23)11-4-3-5-12-26)25(32)22-7-13-27-14-8-22/h7-8,13-14,20-21,23H,3-6,9-12,15-19H2,1-2H3,(H,28,31). The van der Waals surface area contributed by atoms with E-state index in [0.29, 0.717) is 30.6 Å². The van der Waals surface area contributed by atoms with Crippen molar-refractivity contribution in [1.82, 2.24) is 20.1 Å². The van der Waals surface area contributed by atoms with Gasteiger partial charge in [0.2, 0.25) is 5.91 Å². The first-order valence-electron chi connectivity index (χ1n) is 12.7. The number of pyridine rings is 1. The fourth-order valence-electron chi connectivity index (χ4n) is 6.20. The van der Waals surface area contributed by atoms with Gasteiger partial charge in [-0.2, -0.15) is 0 Å². The van der Waals surface area contributed by atoms with Gasteiger partial charge in [-0.25, -0.2) is 0 Å². The van der Waals surface area contributed by atoms with Crippen molar-refractivity contribution < 1.29 is 9.59 Å². The van der Waals surface area contributed by atoms with Gasteiger partial charge in [0.05, 0.1) is 5.92 Å². The van der Waals surface area contributed by atoms with Gasteiger partial charge in [-0.05, 0) is 77.1 Å². The molecule has 32 heavy (non-hydrogen) atoms. The van der Waals surface area contributed by atoms with Gasteiger partial charge >= 0.3 is 0 Å². The van der Waals surface area contributed by atoms with Crippen molar-refractivity contribution in [1.29, 1.82) is 0 Å². The third-order valence-electron chi connectivity index (χ3n) is 8.26. The van der Waals surface area contributed by atoms with Gasteiger partial charge in [0.25, 0.3) is 5.91 Å². The molecule has 2 saturated heterocycles. The van der Waals surface area contributed by atoms with Crippen LogP contribution in [-0.2, 0) is 4.79 Å². The lowest BCUT2D eigenvalue weighted by molar-refractivity contribution is -0.128. The van der Waals surface area contributed by atoms with Crippen LogP contribution < -0.4 is 5.32 Å². The predicted octanol–water partition coefficient (Wildman–Crippen LogP) is 3.73. The Hall–Kier alpha value is -1.95. The average molecular weight is 441 g/mol. The van der Waals surface area contributed by atoms with Crippen LogP contribution in [0, 0.1) is 17.3 Å². The van der Waals surface area contributed by atoms with E-state index in [1.165, 1.54) is 32.4 Å². The summed E-state index contributed by atoms with van der Waals surface area (Å²) in [5.41, 5.74) is 0.618. The van der Waals surface area contributed by atoms with Crippen LogP contribution in [0.3, 0.4) is 0 Å². The van der Waals surface area contributed by atoms with E-state index in [1.54, 1.807) is 24.5 Å². The highest BCUT2D eigenvalue weighted by Gasteiger charge is 2.51. The highest BCUT2D eigenvalue weighted by Crippen LogP contribution is 2.48. The third kappa shape index (κ3) is 5.16. The van der Waals surface area contributed by atoms with E-state index in [9.17, 15) is 9.59 Å². The first-order valence-corrected chi connectivity index (χ1v) is 12.7. The minimum Gasteiger partial charge on any atom is -0.356 e. The van der Waals surface area contributed by atoms with Gasteiger partial charge in [0, 0.05) is 49.0 Å². The van der Waals surface area contributed by atoms with E-state index >= 15 is 0 Å². The maximum Gasteiger partial charge on any atom is 0.254 e. The summed E-state index contributed by atoms with van der Waals surface area (Å²) in [5.74, 6) is 0.819. The molecule has 3 fully saturated rings. The molecule has 4 rings (SSSR count). The zero-order chi connectivity index (χ0) is 22.6. The summed E-state index contributed by atoms with van der Waals surface area (Å²) in [6.07, 6.45) is 12.5. The molecule has 1 aliphatic carbocycles. The number of nitrogens with zero attached hydrogens (tertiary/aromatic N) is 3. The summed E-state index contributed by atoms with van der Waals surface area (Å²) in [6.45, 7) is 8.90. The molecule has 1 aromatic heterocycles. The maximum atomic E-state index is 13.3. The quantitative estimate of drug-likeness (QED) is 0.732. The van der Waals surface area contributed by atoms with E-state index in [2.05, 4.69) is 29.0 Å². The van der Waals surface area contributed by atoms with Crippen molar-refractivity contribution in [3.63, 3.8) is 0 Å². The minimum atomic E-state index is -0.0867. The van der Waals surface area contributed by atoms with Gasteiger partial charge in [-0.3, -0.25) is 14.6 Å². The first kappa shape index (κ1) is 23.2. The molecular formula is C26H40N4O2.